The van der Waals surface area contributed by atoms with Crippen LogP contribution in [0.4, 0.5) is 10.2 Å². The van der Waals surface area contributed by atoms with Crippen molar-refractivity contribution in [2.75, 3.05) is 12.3 Å². The van der Waals surface area contributed by atoms with Crippen molar-refractivity contribution in [3.8, 4) is 11.7 Å². The second-order valence-electron chi connectivity index (χ2n) is 4.95. The summed E-state index contributed by atoms with van der Waals surface area (Å²) in [6.45, 7) is -0.469. The Morgan fingerprint density at radius 1 is 1.59 bits per heavy atom. The fraction of sp³-hybridized carbons (Fsp3) is 0.417. The van der Waals surface area contributed by atoms with Gasteiger partial charge in [0.15, 0.2) is 30.4 Å². The highest BCUT2D eigenvalue weighted by Crippen LogP contribution is 2.37. The van der Waals surface area contributed by atoms with Crippen molar-refractivity contribution in [3.63, 3.8) is 0 Å². The molecule has 0 saturated carbocycles. The number of nitrogens with zero attached hydrogens (tertiary/aromatic N) is 4. The van der Waals surface area contributed by atoms with Crippen LogP contribution in [0.3, 0.4) is 0 Å². The van der Waals surface area contributed by atoms with Gasteiger partial charge in [0.05, 0.1) is 12.9 Å². The van der Waals surface area contributed by atoms with Crippen LogP contribution in [0.2, 0.25) is 0 Å². The van der Waals surface area contributed by atoms with Crippen molar-refractivity contribution in [1.82, 2.24) is 19.5 Å². The third-order valence-electron chi connectivity index (χ3n) is 3.61. The molecule has 3 rings (SSSR count). The number of ether oxygens (including phenoxy) is 1. The Hall–Kier alpha value is -2.22. The van der Waals surface area contributed by atoms with E-state index in [1.165, 1.54) is 10.9 Å². The summed E-state index contributed by atoms with van der Waals surface area (Å²) in [5.41, 5.74) is 4.61. The molecule has 1 aliphatic heterocycles. The number of aromatic nitrogens is 4. The van der Waals surface area contributed by atoms with Gasteiger partial charge < -0.3 is 20.7 Å². The molecule has 114 valence electrons. The van der Waals surface area contributed by atoms with Crippen LogP contribution in [0.25, 0.3) is 11.2 Å². The molecule has 0 radical (unpaired) electrons. The molecule has 0 spiro atoms. The number of rotatable bonds is 2. The maximum Gasteiger partial charge on any atom is 0.312 e. The molecule has 0 amide bonds. The van der Waals surface area contributed by atoms with Gasteiger partial charge in [-0.2, -0.15) is 20.2 Å². The van der Waals surface area contributed by atoms with Crippen LogP contribution in [-0.4, -0.2) is 55.9 Å². The van der Waals surface area contributed by atoms with Gasteiger partial charge in [-0.3, -0.25) is 4.57 Å². The molecule has 3 heterocycles. The van der Waals surface area contributed by atoms with E-state index in [4.69, 9.17) is 10.5 Å². The van der Waals surface area contributed by atoms with Crippen molar-refractivity contribution in [1.29, 1.82) is 0 Å². The molecule has 0 bridgehead atoms. The number of fused-ring (bicyclic) bond motifs is 1. The highest BCUT2D eigenvalue weighted by Gasteiger charge is 2.47. The fourth-order valence-corrected chi connectivity index (χ4v) is 2.55. The highest BCUT2D eigenvalue weighted by molar-refractivity contribution is 6.22. The molecule has 0 aromatic carbocycles. The Morgan fingerprint density at radius 2 is 2.36 bits per heavy atom. The largest absolute Gasteiger partial charge is 0.392 e. The van der Waals surface area contributed by atoms with Gasteiger partial charge in [0.1, 0.15) is 12.3 Å². The summed E-state index contributed by atoms with van der Waals surface area (Å²) in [6, 6.07) is 0. The van der Waals surface area contributed by atoms with Crippen LogP contribution in [0.15, 0.2) is 6.33 Å². The average Bonchev–Trinajstić information content (AvgIpc) is 3.02. The maximum absolute atomic E-state index is 13.4. The molecule has 1 fully saturated rings. The molecule has 0 aliphatic carbocycles. The lowest BCUT2D eigenvalue weighted by Gasteiger charge is -2.24. The number of halogens is 1. The Balaban J connectivity index is 2.04. The number of nitrogens with two attached hydrogens (primary N) is 1. The number of aliphatic hydroxyl groups excluding tert-OH is 2. The minimum Gasteiger partial charge on any atom is -0.392 e. The van der Waals surface area contributed by atoms with Gasteiger partial charge in [0.25, 0.3) is 0 Å². The smallest absolute Gasteiger partial charge is 0.312 e. The summed E-state index contributed by atoms with van der Waals surface area (Å²) >= 11 is 0. The minimum atomic E-state index is -1.38. The summed E-state index contributed by atoms with van der Waals surface area (Å²) in [5, 5.41) is 19.7. The van der Waals surface area contributed by atoms with Crippen LogP contribution in [0.5, 0.6) is 0 Å². The van der Waals surface area contributed by atoms with Crippen molar-refractivity contribution in [2.24, 2.45) is 0 Å². The van der Waals surface area contributed by atoms with Crippen molar-refractivity contribution in [2.45, 2.75) is 24.4 Å². The minimum absolute atomic E-state index is 0.0819. The second-order valence-corrected chi connectivity index (χ2v) is 4.95. The summed E-state index contributed by atoms with van der Waals surface area (Å²) in [7, 11) is 1.58. The van der Waals surface area contributed by atoms with E-state index >= 15 is 0 Å². The zero-order chi connectivity index (χ0) is 15.9. The van der Waals surface area contributed by atoms with E-state index < -0.39 is 30.6 Å². The summed E-state index contributed by atoms with van der Waals surface area (Å²) in [4.78, 5) is 11.1. The quantitative estimate of drug-likeness (QED) is 0.338. The molecule has 2 aromatic rings. The van der Waals surface area contributed by atoms with E-state index in [0.29, 0.717) is 0 Å². The molecule has 2 aromatic heterocycles. The Labute approximate surface area is 125 Å². The zero-order valence-corrected chi connectivity index (χ0v) is 11.7. The van der Waals surface area contributed by atoms with Crippen molar-refractivity contribution >= 4 is 24.8 Å². The van der Waals surface area contributed by atoms with Gasteiger partial charge in [0, 0.05) is 6.42 Å². The SMILES string of the molecule is BC#C[C@]1(CO)O[C@@H](n2cnc3c(N)nc(F)nc32)C[C@@H]1O. The molecule has 1 aliphatic rings. The molecule has 8 nitrogen and oxygen atoms in total. The first-order valence-corrected chi connectivity index (χ1v) is 6.57. The third-order valence-corrected chi connectivity index (χ3v) is 3.61. The predicted octanol–water partition coefficient (Wildman–Crippen LogP) is -1.85. The van der Waals surface area contributed by atoms with E-state index in [1.807, 2.05) is 0 Å². The number of hydrogen-bond acceptors (Lipinski definition) is 7. The Bertz CT molecular complexity index is 788. The standard InChI is InChI=1S/C12H13BFN5O3/c13-2-1-12(4-20)6(21)3-7(22-12)19-5-16-8-9(15)17-11(14)18-10(8)19/h5-7,20-21H,3-4,13H2,(H2,15,17,18)/t6-,7+,12+/m0/s1. The second kappa shape index (κ2) is 5.21. The van der Waals surface area contributed by atoms with E-state index in [9.17, 15) is 14.6 Å². The summed E-state index contributed by atoms with van der Waals surface area (Å²) < 4.78 is 20.5. The number of nitrogen functional groups attached to an aromatic ring is 1. The van der Waals surface area contributed by atoms with Gasteiger partial charge in [-0.05, 0) is 0 Å². The Kier molecular flexibility index (Phi) is 3.48. The van der Waals surface area contributed by atoms with Gasteiger partial charge >= 0.3 is 6.08 Å². The average molecular weight is 305 g/mol. The summed E-state index contributed by atoms with van der Waals surface area (Å²) in [6.07, 6.45) is -1.17. The topological polar surface area (TPSA) is 119 Å². The number of anilines is 1. The van der Waals surface area contributed by atoms with E-state index in [1.54, 1.807) is 7.85 Å². The van der Waals surface area contributed by atoms with Crippen LogP contribution in [0, 0.1) is 17.8 Å². The molecule has 22 heavy (non-hydrogen) atoms. The van der Waals surface area contributed by atoms with E-state index in [-0.39, 0.29) is 23.4 Å². The van der Waals surface area contributed by atoms with Crippen LogP contribution >= 0.6 is 0 Å². The van der Waals surface area contributed by atoms with Gasteiger partial charge in [-0.1, -0.05) is 5.92 Å². The number of imidazole rings is 1. The van der Waals surface area contributed by atoms with Crippen molar-refractivity contribution < 1.29 is 19.3 Å². The van der Waals surface area contributed by atoms with Gasteiger partial charge in [-0.25, -0.2) is 4.98 Å². The number of hydrogen-bond donors (Lipinski definition) is 3. The molecular formula is C12H13BFN5O3. The number of aliphatic hydroxyl groups is 2. The first-order chi connectivity index (χ1) is 10.5. The van der Waals surface area contributed by atoms with E-state index in [2.05, 4.69) is 26.7 Å². The highest BCUT2D eigenvalue weighted by atomic mass is 19.1. The van der Waals surface area contributed by atoms with Gasteiger partial charge in [0.2, 0.25) is 0 Å². The molecule has 4 N–H and O–H groups in total. The van der Waals surface area contributed by atoms with Crippen LogP contribution < -0.4 is 5.73 Å². The third kappa shape index (κ3) is 2.11. The monoisotopic (exact) mass is 305 g/mol. The normalized spacial score (nSPS) is 27.8. The van der Waals surface area contributed by atoms with Crippen LogP contribution in [-0.2, 0) is 4.74 Å². The lowest BCUT2D eigenvalue weighted by molar-refractivity contribution is -0.0892. The molecule has 1 saturated heterocycles. The molecule has 0 unspecified atom stereocenters. The summed E-state index contributed by atoms with van der Waals surface area (Å²) in [5.74, 6) is 5.23. The van der Waals surface area contributed by atoms with Gasteiger partial charge in [-0.15, -0.1) is 0 Å². The fourth-order valence-electron chi connectivity index (χ4n) is 2.55. The van der Waals surface area contributed by atoms with E-state index in [0.717, 1.165) is 0 Å². The van der Waals surface area contributed by atoms with Crippen molar-refractivity contribution in [3.05, 3.63) is 12.4 Å². The lowest BCUT2D eigenvalue weighted by Crippen LogP contribution is -2.41. The zero-order valence-electron chi connectivity index (χ0n) is 11.7. The van der Waals surface area contributed by atoms with Crippen LogP contribution in [0.1, 0.15) is 12.6 Å². The Morgan fingerprint density at radius 3 is 3.05 bits per heavy atom. The first kappa shape index (κ1) is 14.7. The molecular weight excluding hydrogens is 292 g/mol. The maximum atomic E-state index is 13.4. The predicted molar refractivity (Wildman–Crippen MR) is 76.6 cm³/mol. The molecule has 3 atom stereocenters. The molecule has 10 heteroatoms. The lowest BCUT2D eigenvalue weighted by atomic mass is 9.96. The first-order valence-electron chi connectivity index (χ1n) is 6.57.